The summed E-state index contributed by atoms with van der Waals surface area (Å²) >= 11 is 0. The number of ether oxygens (including phenoxy) is 1. The average Bonchev–Trinajstić information content (AvgIpc) is 3.34. The lowest BCUT2D eigenvalue weighted by molar-refractivity contribution is -0.120. The van der Waals surface area contributed by atoms with Gasteiger partial charge in [0.15, 0.2) is 0 Å². The van der Waals surface area contributed by atoms with Gasteiger partial charge >= 0.3 is 0 Å². The van der Waals surface area contributed by atoms with Gasteiger partial charge in [0.1, 0.15) is 5.82 Å². The topological polar surface area (TPSA) is 87.3 Å². The molecular weight excluding hydrogens is 380 g/mol. The van der Waals surface area contributed by atoms with Crippen LogP contribution in [0.15, 0.2) is 41.2 Å². The van der Waals surface area contributed by atoms with Crippen molar-refractivity contribution in [1.82, 2.24) is 20.2 Å². The number of amides is 1. The summed E-state index contributed by atoms with van der Waals surface area (Å²) in [4.78, 5) is 33.7. The van der Waals surface area contributed by atoms with E-state index in [-0.39, 0.29) is 23.2 Å². The van der Waals surface area contributed by atoms with Crippen molar-refractivity contribution in [3.63, 3.8) is 0 Å². The van der Waals surface area contributed by atoms with Crippen molar-refractivity contribution in [3.05, 3.63) is 63.8 Å². The van der Waals surface area contributed by atoms with Gasteiger partial charge in [0.25, 0.3) is 5.56 Å². The molecule has 0 radical (unpaired) electrons. The van der Waals surface area contributed by atoms with Gasteiger partial charge in [-0.15, -0.1) is 0 Å². The van der Waals surface area contributed by atoms with Gasteiger partial charge in [-0.25, -0.2) is 4.98 Å². The number of aromatic nitrogens is 2. The minimum Gasteiger partial charge on any atom is -0.370 e. The van der Waals surface area contributed by atoms with Crippen LogP contribution >= 0.6 is 0 Å². The Hall–Kier alpha value is -2.51. The zero-order chi connectivity index (χ0) is 20.7. The van der Waals surface area contributed by atoms with Gasteiger partial charge in [0, 0.05) is 44.1 Å². The predicted molar refractivity (Wildman–Crippen MR) is 112 cm³/mol. The van der Waals surface area contributed by atoms with E-state index in [0.29, 0.717) is 37.2 Å². The molecular formula is C23H28N4O3. The van der Waals surface area contributed by atoms with Gasteiger partial charge in [0.2, 0.25) is 5.91 Å². The van der Waals surface area contributed by atoms with E-state index in [9.17, 15) is 9.59 Å². The summed E-state index contributed by atoms with van der Waals surface area (Å²) in [5.74, 6) is 1.47. The fourth-order valence-electron chi connectivity index (χ4n) is 5.71. The molecule has 2 bridgehead atoms. The number of fused-ring (bicyclic) bond motifs is 1. The summed E-state index contributed by atoms with van der Waals surface area (Å²) in [5, 5.41) is 3.15. The number of rotatable bonds is 6. The van der Waals surface area contributed by atoms with Crippen LogP contribution in [-0.4, -0.2) is 52.1 Å². The van der Waals surface area contributed by atoms with Crippen molar-refractivity contribution in [1.29, 1.82) is 0 Å². The molecule has 1 amide bonds. The highest BCUT2D eigenvalue weighted by atomic mass is 16.5. The summed E-state index contributed by atoms with van der Waals surface area (Å²) in [7, 11) is 0. The monoisotopic (exact) mass is 408 g/mol. The Labute approximate surface area is 175 Å². The SMILES string of the molecule is Cc1nc(CN2C[C@@H]3[C@H](CNC(=O)Cc4ccccc4)[C@H]4CC[C@]3(C2)O4)cc(=O)[nH]1. The van der Waals surface area contributed by atoms with Gasteiger partial charge in [0.05, 0.1) is 23.8 Å². The summed E-state index contributed by atoms with van der Waals surface area (Å²) in [5.41, 5.74) is 1.62. The fourth-order valence-corrected chi connectivity index (χ4v) is 5.71. The van der Waals surface area contributed by atoms with Crippen molar-refractivity contribution in [2.75, 3.05) is 19.6 Å². The first-order chi connectivity index (χ1) is 14.5. The third kappa shape index (κ3) is 3.68. The number of benzene rings is 1. The molecule has 158 valence electrons. The number of hydrogen-bond donors (Lipinski definition) is 2. The normalized spacial score (nSPS) is 29.8. The molecule has 30 heavy (non-hydrogen) atoms. The molecule has 5 rings (SSSR count). The number of nitrogens with zero attached hydrogens (tertiary/aromatic N) is 2. The Kier molecular flexibility index (Phi) is 4.95. The maximum atomic E-state index is 12.4. The highest BCUT2D eigenvalue weighted by Crippen LogP contribution is 2.54. The molecule has 3 aliphatic heterocycles. The van der Waals surface area contributed by atoms with Crippen LogP contribution < -0.4 is 10.9 Å². The first-order valence-electron chi connectivity index (χ1n) is 10.8. The van der Waals surface area contributed by atoms with E-state index in [4.69, 9.17) is 4.74 Å². The summed E-state index contributed by atoms with van der Waals surface area (Å²) in [6.45, 7) is 4.92. The van der Waals surface area contributed by atoms with Crippen LogP contribution in [0.4, 0.5) is 0 Å². The van der Waals surface area contributed by atoms with E-state index < -0.39 is 0 Å². The van der Waals surface area contributed by atoms with E-state index in [1.165, 1.54) is 0 Å². The van der Waals surface area contributed by atoms with Crippen molar-refractivity contribution in [2.24, 2.45) is 11.8 Å². The number of carbonyl (C=O) groups excluding carboxylic acids is 1. The third-order valence-corrected chi connectivity index (χ3v) is 6.90. The molecule has 1 aromatic carbocycles. The van der Waals surface area contributed by atoms with Crippen molar-refractivity contribution < 1.29 is 9.53 Å². The van der Waals surface area contributed by atoms with Crippen LogP contribution in [0.3, 0.4) is 0 Å². The molecule has 7 nitrogen and oxygen atoms in total. The van der Waals surface area contributed by atoms with Crippen molar-refractivity contribution >= 4 is 5.91 Å². The highest BCUT2D eigenvalue weighted by molar-refractivity contribution is 5.78. The number of H-pyrrole nitrogens is 1. The molecule has 4 heterocycles. The number of aromatic amines is 1. The molecule has 0 unspecified atom stereocenters. The van der Waals surface area contributed by atoms with E-state index in [2.05, 4.69) is 20.2 Å². The zero-order valence-electron chi connectivity index (χ0n) is 17.3. The number of carbonyl (C=O) groups is 1. The maximum absolute atomic E-state index is 12.4. The first kappa shape index (κ1) is 19.5. The largest absolute Gasteiger partial charge is 0.370 e. The van der Waals surface area contributed by atoms with Crippen LogP contribution in [0.5, 0.6) is 0 Å². The Morgan fingerprint density at radius 1 is 1.37 bits per heavy atom. The highest BCUT2D eigenvalue weighted by Gasteiger charge is 2.62. The Morgan fingerprint density at radius 2 is 2.20 bits per heavy atom. The lowest BCUT2D eigenvalue weighted by Gasteiger charge is -2.29. The van der Waals surface area contributed by atoms with Crippen LogP contribution in [0.2, 0.25) is 0 Å². The van der Waals surface area contributed by atoms with Gasteiger partial charge < -0.3 is 15.0 Å². The Bertz CT molecular complexity index is 991. The Morgan fingerprint density at radius 3 is 3.00 bits per heavy atom. The van der Waals surface area contributed by atoms with E-state index in [1.807, 2.05) is 30.3 Å². The number of likely N-dealkylation sites (tertiary alicyclic amines) is 1. The summed E-state index contributed by atoms with van der Waals surface area (Å²) in [6, 6.07) is 11.4. The molecule has 2 N–H and O–H groups in total. The quantitative estimate of drug-likeness (QED) is 0.755. The van der Waals surface area contributed by atoms with E-state index in [0.717, 1.165) is 37.2 Å². The molecule has 3 saturated heterocycles. The molecule has 7 heteroatoms. The molecule has 0 saturated carbocycles. The molecule has 3 fully saturated rings. The van der Waals surface area contributed by atoms with Crippen molar-refractivity contribution in [3.8, 4) is 0 Å². The second-order valence-corrected chi connectivity index (χ2v) is 8.99. The second kappa shape index (κ2) is 7.63. The first-order valence-corrected chi connectivity index (χ1v) is 10.8. The van der Waals surface area contributed by atoms with Crippen LogP contribution in [0, 0.1) is 18.8 Å². The van der Waals surface area contributed by atoms with Crippen LogP contribution in [-0.2, 0) is 22.5 Å². The van der Waals surface area contributed by atoms with Gasteiger partial charge in [-0.1, -0.05) is 30.3 Å². The molecule has 0 aliphatic carbocycles. The zero-order valence-corrected chi connectivity index (χ0v) is 17.3. The maximum Gasteiger partial charge on any atom is 0.251 e. The van der Waals surface area contributed by atoms with Crippen molar-refractivity contribution in [2.45, 2.75) is 44.4 Å². The predicted octanol–water partition coefficient (Wildman–Crippen LogP) is 1.42. The smallest absolute Gasteiger partial charge is 0.251 e. The average molecular weight is 409 g/mol. The molecule has 1 spiro atoms. The third-order valence-electron chi connectivity index (χ3n) is 6.90. The lowest BCUT2D eigenvalue weighted by atomic mass is 9.73. The number of nitrogens with one attached hydrogen (secondary N) is 2. The van der Waals surface area contributed by atoms with Gasteiger partial charge in [-0.2, -0.15) is 0 Å². The standard InChI is InChI=1S/C23H28N4O3/c1-15-25-17(10-22(29)26-15)12-27-13-19-18(20-7-8-23(19,14-27)30-20)11-24-21(28)9-16-5-3-2-4-6-16/h2-6,10,18-20H,7-9,11-14H2,1H3,(H,24,28)(H,25,26,29)/t18-,19+,20+,23+/m0/s1. The van der Waals surface area contributed by atoms with E-state index in [1.54, 1.807) is 13.0 Å². The van der Waals surface area contributed by atoms with Gasteiger partial charge in [-0.3, -0.25) is 14.5 Å². The summed E-state index contributed by atoms with van der Waals surface area (Å²) < 4.78 is 6.48. The minimum absolute atomic E-state index is 0.0658. The molecule has 3 aliphatic rings. The fraction of sp³-hybridized carbons (Fsp3) is 0.522. The number of hydrogen-bond acceptors (Lipinski definition) is 5. The van der Waals surface area contributed by atoms with Crippen LogP contribution in [0.25, 0.3) is 0 Å². The van der Waals surface area contributed by atoms with E-state index >= 15 is 0 Å². The molecule has 4 atom stereocenters. The molecule has 1 aromatic heterocycles. The minimum atomic E-state index is -0.105. The van der Waals surface area contributed by atoms with Crippen LogP contribution in [0.1, 0.15) is 29.9 Å². The summed E-state index contributed by atoms with van der Waals surface area (Å²) in [6.07, 6.45) is 2.80. The molecule has 2 aromatic rings. The Balaban J connectivity index is 1.22. The second-order valence-electron chi connectivity index (χ2n) is 8.99. The van der Waals surface area contributed by atoms with Gasteiger partial charge in [-0.05, 0) is 25.3 Å². The number of aryl methyl sites for hydroxylation is 1. The lowest BCUT2D eigenvalue weighted by Crippen LogP contribution is -2.42.